The normalized spacial score (nSPS) is 9.95. The van der Waals surface area contributed by atoms with Crippen molar-refractivity contribution in [2.45, 2.75) is 47.5 Å². The number of hydrogen-bond acceptors (Lipinski definition) is 0. The van der Waals surface area contributed by atoms with Gasteiger partial charge in [0.25, 0.3) is 0 Å². The van der Waals surface area contributed by atoms with Crippen LogP contribution in [0.25, 0.3) is 11.1 Å². The minimum atomic E-state index is 0. The Hall–Kier alpha value is -0.586. The molecule has 0 saturated heterocycles. The van der Waals surface area contributed by atoms with Gasteiger partial charge in [-0.05, 0) is 35.1 Å². The molecule has 0 aromatic heterocycles. The van der Waals surface area contributed by atoms with Crippen molar-refractivity contribution in [3.8, 4) is 11.1 Å². The van der Waals surface area contributed by atoms with Crippen LogP contribution in [0.5, 0.6) is 0 Å². The fourth-order valence-electron chi connectivity index (χ4n) is 2.54. The Labute approximate surface area is 156 Å². The zero-order chi connectivity index (χ0) is 15.1. The molecule has 0 unspecified atom stereocenters. The monoisotopic (exact) mass is 356 g/mol. The zero-order valence-electron chi connectivity index (χ0n) is 14.2. The molecule has 0 bridgehead atoms. The Morgan fingerprint density at radius 1 is 0.857 bits per heavy atom. The molecule has 1 heteroatoms. The molecule has 0 spiro atoms. The molecule has 2 aromatic rings. The molecule has 21 heavy (non-hydrogen) atoms. The van der Waals surface area contributed by atoms with Crippen LogP contribution in [0.15, 0.2) is 36.4 Å². The fourth-order valence-corrected chi connectivity index (χ4v) is 2.54. The van der Waals surface area contributed by atoms with Crippen LogP contribution in [0, 0.1) is 6.92 Å². The maximum Gasteiger partial charge on any atom is 0 e. The van der Waals surface area contributed by atoms with Gasteiger partial charge in [-0.25, -0.2) is 0 Å². The fraction of sp³-hybridized carbons (Fsp3) is 0.350. The molecular formula is C20H27Y-. The summed E-state index contributed by atoms with van der Waals surface area (Å²) in [6, 6.07) is 13.4. The van der Waals surface area contributed by atoms with Crippen molar-refractivity contribution >= 4 is 0 Å². The smallest absolute Gasteiger partial charge is 0 e. The van der Waals surface area contributed by atoms with Gasteiger partial charge in [-0.3, -0.25) is 0 Å². The van der Waals surface area contributed by atoms with Crippen LogP contribution in [-0.2, 0) is 45.6 Å². The van der Waals surface area contributed by atoms with Crippen LogP contribution in [0.3, 0.4) is 0 Å². The molecule has 0 atom stereocenters. The molecule has 0 nitrogen and oxygen atoms in total. The van der Waals surface area contributed by atoms with Gasteiger partial charge < -0.3 is 0 Å². The minimum Gasteiger partial charge on any atom is -0.199 e. The van der Waals surface area contributed by atoms with Crippen molar-refractivity contribution < 1.29 is 32.7 Å². The van der Waals surface area contributed by atoms with E-state index in [9.17, 15) is 0 Å². The van der Waals surface area contributed by atoms with Crippen molar-refractivity contribution in [1.29, 1.82) is 0 Å². The predicted octanol–water partition coefficient (Wildman–Crippen LogP) is 6.05. The summed E-state index contributed by atoms with van der Waals surface area (Å²) in [5.74, 6) is 0. The molecule has 1 aliphatic rings. The largest absolute Gasteiger partial charge is 0.199 e. The molecular weight excluding hydrogens is 329 g/mol. The average Bonchev–Trinajstić information content (AvgIpc) is 2.87. The van der Waals surface area contributed by atoms with Gasteiger partial charge in [0.05, 0.1) is 0 Å². The van der Waals surface area contributed by atoms with Gasteiger partial charge in [-0.15, -0.1) is 6.07 Å². The van der Waals surface area contributed by atoms with Crippen molar-refractivity contribution in [1.82, 2.24) is 0 Å². The second kappa shape index (κ2) is 10.2. The van der Waals surface area contributed by atoms with Gasteiger partial charge in [-0.2, -0.15) is 24.6 Å². The van der Waals surface area contributed by atoms with E-state index in [-0.39, 0.29) is 32.7 Å². The molecule has 0 amide bonds. The number of aryl methyl sites for hydroxylation is 1. The van der Waals surface area contributed by atoms with Gasteiger partial charge in [0.1, 0.15) is 0 Å². The third-order valence-electron chi connectivity index (χ3n) is 3.42. The van der Waals surface area contributed by atoms with Gasteiger partial charge in [0.15, 0.2) is 0 Å². The summed E-state index contributed by atoms with van der Waals surface area (Å²) in [6.45, 7) is 14.2. The molecule has 1 radical (unpaired) electrons. The molecule has 0 N–H and O–H groups in total. The van der Waals surface area contributed by atoms with Gasteiger partial charge in [0.2, 0.25) is 0 Å². The number of rotatable bonds is 1. The van der Waals surface area contributed by atoms with E-state index >= 15 is 0 Å². The van der Waals surface area contributed by atoms with Crippen molar-refractivity contribution in [3.63, 3.8) is 0 Å². The van der Waals surface area contributed by atoms with Crippen LogP contribution in [0.4, 0.5) is 0 Å². The Bertz CT molecular complexity index is 556. The summed E-state index contributed by atoms with van der Waals surface area (Å²) < 4.78 is 0. The van der Waals surface area contributed by atoms with E-state index in [4.69, 9.17) is 0 Å². The van der Waals surface area contributed by atoms with Crippen LogP contribution in [-0.4, -0.2) is 0 Å². The van der Waals surface area contributed by atoms with E-state index in [1.165, 1.54) is 27.8 Å². The van der Waals surface area contributed by atoms with E-state index in [0.29, 0.717) is 0 Å². The Kier molecular flexibility index (Phi) is 9.91. The predicted molar refractivity (Wildman–Crippen MR) is 91.2 cm³/mol. The van der Waals surface area contributed by atoms with Crippen LogP contribution >= 0.6 is 0 Å². The molecule has 1 aliphatic carbocycles. The van der Waals surface area contributed by atoms with Gasteiger partial charge in [0, 0.05) is 32.7 Å². The summed E-state index contributed by atoms with van der Waals surface area (Å²) in [5.41, 5.74) is 8.25. The topological polar surface area (TPSA) is 0 Å². The van der Waals surface area contributed by atoms with Crippen molar-refractivity contribution in [2.75, 3.05) is 0 Å². The summed E-state index contributed by atoms with van der Waals surface area (Å²) in [5, 5.41) is 0. The van der Waals surface area contributed by atoms with Gasteiger partial charge in [-0.1, -0.05) is 58.4 Å². The quantitative estimate of drug-likeness (QED) is 0.466. The zero-order valence-corrected chi connectivity index (χ0v) is 17.0. The van der Waals surface area contributed by atoms with Crippen LogP contribution < -0.4 is 0 Å². The SMILES string of the molecule is CC.CC.[CH2-]c1ccc2c(c1)Cc1cc(CC)ccc1-2.[Y]. The first-order valence-corrected chi connectivity index (χ1v) is 7.85. The first kappa shape index (κ1) is 20.4. The standard InChI is InChI=1S/C16H15.2C2H6.Y/c1-3-12-5-7-16-14(9-12)10-13-8-11(2)4-6-15(13)16;2*1-2;/h4-9H,2-3,10H2,1H3;2*1-2H3;/q-1;;;. The summed E-state index contributed by atoms with van der Waals surface area (Å²) in [4.78, 5) is 0. The number of hydrogen-bond donors (Lipinski definition) is 0. The molecule has 3 rings (SSSR count). The molecule has 0 saturated carbocycles. The minimum absolute atomic E-state index is 0. The van der Waals surface area contributed by atoms with E-state index in [1.54, 1.807) is 0 Å². The summed E-state index contributed by atoms with van der Waals surface area (Å²) >= 11 is 0. The third kappa shape index (κ3) is 4.69. The van der Waals surface area contributed by atoms with Crippen molar-refractivity contribution in [2.24, 2.45) is 0 Å². The van der Waals surface area contributed by atoms with E-state index in [1.807, 2.05) is 27.7 Å². The first-order valence-electron chi connectivity index (χ1n) is 7.85. The Morgan fingerprint density at radius 2 is 1.38 bits per heavy atom. The van der Waals surface area contributed by atoms with E-state index in [0.717, 1.165) is 18.4 Å². The second-order valence-corrected chi connectivity index (χ2v) is 4.51. The second-order valence-electron chi connectivity index (χ2n) is 4.51. The Balaban J connectivity index is 0.000000741. The molecule has 0 aliphatic heterocycles. The maximum atomic E-state index is 3.99. The Morgan fingerprint density at radius 3 is 1.95 bits per heavy atom. The molecule has 0 heterocycles. The summed E-state index contributed by atoms with van der Waals surface area (Å²) in [7, 11) is 0. The third-order valence-corrected chi connectivity index (χ3v) is 3.42. The van der Waals surface area contributed by atoms with E-state index < -0.39 is 0 Å². The number of fused-ring (bicyclic) bond motifs is 3. The summed E-state index contributed by atoms with van der Waals surface area (Å²) in [6.07, 6.45) is 2.19. The van der Waals surface area contributed by atoms with Crippen LogP contribution in [0.1, 0.15) is 56.9 Å². The molecule has 111 valence electrons. The maximum absolute atomic E-state index is 3.99. The first-order chi connectivity index (χ1) is 9.78. The van der Waals surface area contributed by atoms with E-state index in [2.05, 4.69) is 50.2 Å². The van der Waals surface area contributed by atoms with Crippen molar-refractivity contribution in [3.05, 3.63) is 65.6 Å². The molecule has 2 aromatic carbocycles. The molecule has 0 fully saturated rings. The number of benzene rings is 2. The van der Waals surface area contributed by atoms with Gasteiger partial charge >= 0.3 is 0 Å². The average molecular weight is 356 g/mol. The van der Waals surface area contributed by atoms with Crippen LogP contribution in [0.2, 0.25) is 0 Å².